The first-order valence-electron chi connectivity index (χ1n) is 7.73. The van der Waals surface area contributed by atoms with Gasteiger partial charge in [-0.2, -0.15) is 5.26 Å². The Morgan fingerprint density at radius 1 is 1.14 bits per heavy atom. The number of carbonyl (C=O) groups excluding carboxylic acids is 1. The third kappa shape index (κ3) is 2.58. The smallest absolute Gasteiger partial charge is 0.179 e. The van der Waals surface area contributed by atoms with E-state index in [0.717, 1.165) is 42.8 Å². The van der Waals surface area contributed by atoms with Crippen molar-refractivity contribution >= 4 is 11.5 Å². The summed E-state index contributed by atoms with van der Waals surface area (Å²) in [6.45, 7) is 3.95. The lowest BCUT2D eigenvalue weighted by molar-refractivity contribution is -0.114. The zero-order valence-electron chi connectivity index (χ0n) is 12.5. The van der Waals surface area contributed by atoms with Crippen LogP contribution in [0.2, 0.25) is 0 Å². The second-order valence-electron chi connectivity index (χ2n) is 6.00. The predicted octanol–water partition coefficient (Wildman–Crippen LogP) is 3.23. The van der Waals surface area contributed by atoms with Crippen LogP contribution >= 0.6 is 0 Å². The van der Waals surface area contributed by atoms with Gasteiger partial charge in [0.15, 0.2) is 5.78 Å². The molecule has 0 unspecified atom stereocenters. The summed E-state index contributed by atoms with van der Waals surface area (Å²) in [5, 5.41) is 9.47. The quantitative estimate of drug-likeness (QED) is 0.793. The summed E-state index contributed by atoms with van der Waals surface area (Å²) < 4.78 is 0. The molecular formula is C18H20N2O. The van der Waals surface area contributed by atoms with Gasteiger partial charge in [-0.25, -0.2) is 0 Å². The van der Waals surface area contributed by atoms with E-state index in [4.69, 9.17) is 0 Å². The van der Waals surface area contributed by atoms with Crippen LogP contribution in [-0.2, 0) is 11.2 Å². The number of nitrogens with zero attached hydrogens (tertiary/aromatic N) is 2. The number of fused-ring (bicyclic) bond motifs is 1. The molecule has 0 atom stereocenters. The molecule has 2 aliphatic rings. The van der Waals surface area contributed by atoms with E-state index in [-0.39, 0.29) is 5.78 Å². The first-order chi connectivity index (χ1) is 10.2. The average Bonchev–Trinajstić information content (AvgIpc) is 2.75. The van der Waals surface area contributed by atoms with Gasteiger partial charge < -0.3 is 4.90 Å². The van der Waals surface area contributed by atoms with Crippen molar-refractivity contribution in [1.82, 2.24) is 4.90 Å². The largest absolute Gasteiger partial charge is 0.370 e. The van der Waals surface area contributed by atoms with Crippen LogP contribution in [-0.4, -0.2) is 23.8 Å². The minimum absolute atomic E-state index is 0.0342. The first-order valence-corrected chi connectivity index (χ1v) is 7.73. The van der Waals surface area contributed by atoms with Gasteiger partial charge in [0.2, 0.25) is 0 Å². The minimum atomic E-state index is -0.0342. The normalized spacial score (nSPS) is 19.0. The summed E-state index contributed by atoms with van der Waals surface area (Å²) in [6, 6.07) is 8.38. The van der Waals surface area contributed by atoms with Gasteiger partial charge in [-0.3, -0.25) is 4.79 Å². The molecule has 1 aromatic carbocycles. The molecular weight excluding hydrogens is 260 g/mol. The lowest BCUT2D eigenvalue weighted by Gasteiger charge is -2.31. The number of benzene rings is 1. The molecule has 0 aromatic heterocycles. The van der Waals surface area contributed by atoms with Crippen molar-refractivity contribution < 1.29 is 4.79 Å². The predicted molar refractivity (Wildman–Crippen MR) is 82.5 cm³/mol. The maximum atomic E-state index is 12.3. The van der Waals surface area contributed by atoms with Gasteiger partial charge in [0.05, 0.1) is 5.70 Å². The fourth-order valence-electron chi connectivity index (χ4n) is 3.33. The van der Waals surface area contributed by atoms with Gasteiger partial charge in [0.1, 0.15) is 11.6 Å². The van der Waals surface area contributed by atoms with E-state index in [9.17, 15) is 10.1 Å². The Kier molecular flexibility index (Phi) is 3.79. The molecule has 1 saturated heterocycles. The van der Waals surface area contributed by atoms with Crippen LogP contribution < -0.4 is 0 Å². The SMILES string of the molecule is Cc1ccc2c(c1)C(N1CCCCCC1)=C(C#N)C(=O)C2. The number of Topliss-reactive ketones (excluding diaryl/α,β-unsaturated/α-hetero) is 1. The fraction of sp³-hybridized carbons (Fsp3) is 0.444. The Balaban J connectivity index is 2.14. The van der Waals surface area contributed by atoms with E-state index in [1.807, 2.05) is 12.1 Å². The van der Waals surface area contributed by atoms with E-state index >= 15 is 0 Å². The average molecular weight is 280 g/mol. The molecule has 1 aliphatic carbocycles. The number of carbonyl (C=O) groups is 1. The summed E-state index contributed by atoms with van der Waals surface area (Å²) in [6.07, 6.45) is 5.10. The van der Waals surface area contributed by atoms with Crippen molar-refractivity contribution in [2.45, 2.75) is 39.0 Å². The van der Waals surface area contributed by atoms with Gasteiger partial charge in [0, 0.05) is 25.1 Å². The number of allylic oxidation sites excluding steroid dienone is 1. The van der Waals surface area contributed by atoms with Crippen LogP contribution in [0.5, 0.6) is 0 Å². The molecule has 0 N–H and O–H groups in total. The highest BCUT2D eigenvalue weighted by Gasteiger charge is 2.29. The van der Waals surface area contributed by atoms with Crippen LogP contribution in [0.1, 0.15) is 42.4 Å². The Morgan fingerprint density at radius 2 is 1.86 bits per heavy atom. The third-order valence-corrected chi connectivity index (χ3v) is 4.42. The number of likely N-dealkylation sites (tertiary alicyclic amines) is 1. The molecule has 0 amide bonds. The highest BCUT2D eigenvalue weighted by atomic mass is 16.1. The number of nitriles is 1. The lowest BCUT2D eigenvalue weighted by Crippen LogP contribution is -2.29. The van der Waals surface area contributed by atoms with E-state index in [0.29, 0.717) is 12.0 Å². The van der Waals surface area contributed by atoms with Crippen LogP contribution in [0.15, 0.2) is 23.8 Å². The maximum absolute atomic E-state index is 12.3. The van der Waals surface area contributed by atoms with Crippen molar-refractivity contribution in [3.63, 3.8) is 0 Å². The molecule has 3 rings (SSSR count). The monoisotopic (exact) mass is 280 g/mol. The van der Waals surface area contributed by atoms with Gasteiger partial charge in [0.25, 0.3) is 0 Å². The molecule has 1 aliphatic heterocycles. The number of ketones is 1. The summed E-state index contributed by atoms with van der Waals surface area (Å²) in [5.74, 6) is -0.0342. The van der Waals surface area contributed by atoms with Crippen LogP contribution in [0.25, 0.3) is 5.70 Å². The lowest BCUT2D eigenvalue weighted by atomic mass is 9.87. The molecule has 3 nitrogen and oxygen atoms in total. The highest BCUT2D eigenvalue weighted by Crippen LogP contribution is 2.34. The van der Waals surface area contributed by atoms with Gasteiger partial charge in [-0.15, -0.1) is 0 Å². The number of rotatable bonds is 1. The summed E-state index contributed by atoms with van der Waals surface area (Å²) in [7, 11) is 0. The molecule has 1 aromatic rings. The Hall–Kier alpha value is -2.08. The van der Waals surface area contributed by atoms with Crippen LogP contribution in [0.3, 0.4) is 0 Å². The third-order valence-electron chi connectivity index (χ3n) is 4.42. The van der Waals surface area contributed by atoms with E-state index in [1.165, 1.54) is 18.4 Å². The molecule has 1 fully saturated rings. The Labute approximate surface area is 125 Å². The fourth-order valence-corrected chi connectivity index (χ4v) is 3.33. The van der Waals surface area contributed by atoms with Gasteiger partial charge >= 0.3 is 0 Å². The zero-order valence-corrected chi connectivity index (χ0v) is 12.5. The van der Waals surface area contributed by atoms with Crippen molar-refractivity contribution in [3.8, 4) is 6.07 Å². The number of hydrogen-bond donors (Lipinski definition) is 0. The molecule has 108 valence electrons. The minimum Gasteiger partial charge on any atom is -0.370 e. The Morgan fingerprint density at radius 3 is 2.52 bits per heavy atom. The van der Waals surface area contributed by atoms with Gasteiger partial charge in [-0.05, 0) is 31.4 Å². The van der Waals surface area contributed by atoms with Crippen molar-refractivity contribution in [2.24, 2.45) is 0 Å². The topological polar surface area (TPSA) is 44.1 Å². The van der Waals surface area contributed by atoms with Gasteiger partial charge in [-0.1, -0.05) is 30.5 Å². The molecule has 0 saturated carbocycles. The standard InChI is InChI=1S/C18H20N2O/c1-13-6-7-14-11-17(21)16(12-19)18(15(14)10-13)20-8-4-2-3-5-9-20/h6-7,10H,2-5,8-9,11H2,1H3. The first kappa shape index (κ1) is 13.9. The summed E-state index contributed by atoms with van der Waals surface area (Å²) >= 11 is 0. The summed E-state index contributed by atoms with van der Waals surface area (Å²) in [5.41, 5.74) is 4.56. The van der Waals surface area contributed by atoms with E-state index < -0.39 is 0 Å². The molecule has 3 heteroatoms. The highest BCUT2D eigenvalue weighted by molar-refractivity contribution is 6.09. The van der Waals surface area contributed by atoms with E-state index in [2.05, 4.69) is 24.0 Å². The second kappa shape index (κ2) is 5.73. The molecule has 0 spiro atoms. The molecule has 0 bridgehead atoms. The maximum Gasteiger partial charge on any atom is 0.179 e. The van der Waals surface area contributed by atoms with Crippen molar-refractivity contribution in [2.75, 3.05) is 13.1 Å². The molecule has 1 heterocycles. The van der Waals surface area contributed by atoms with Crippen molar-refractivity contribution in [1.29, 1.82) is 5.26 Å². The second-order valence-corrected chi connectivity index (χ2v) is 6.00. The number of aryl methyl sites for hydroxylation is 1. The summed E-state index contributed by atoms with van der Waals surface area (Å²) in [4.78, 5) is 14.6. The Bertz CT molecular complexity index is 644. The number of hydrogen-bond acceptors (Lipinski definition) is 3. The van der Waals surface area contributed by atoms with Crippen LogP contribution in [0, 0.1) is 18.3 Å². The zero-order chi connectivity index (χ0) is 14.8. The molecule has 21 heavy (non-hydrogen) atoms. The van der Waals surface area contributed by atoms with Crippen molar-refractivity contribution in [3.05, 3.63) is 40.5 Å². The van der Waals surface area contributed by atoms with Crippen LogP contribution in [0.4, 0.5) is 0 Å². The van der Waals surface area contributed by atoms with E-state index in [1.54, 1.807) is 0 Å². The molecule has 0 radical (unpaired) electrons.